The minimum Gasteiger partial charge on any atom is -0.484 e. The molecule has 2 N–H and O–H groups in total. The molecule has 1 aliphatic heterocycles. The molecule has 0 saturated carbocycles. The third-order valence-corrected chi connectivity index (χ3v) is 2.89. The van der Waals surface area contributed by atoms with Crippen molar-refractivity contribution in [3.63, 3.8) is 0 Å². The highest BCUT2D eigenvalue weighted by Crippen LogP contribution is 2.12. The Labute approximate surface area is 119 Å². The number of carbonyl (C=O) groups excluding carboxylic acids is 1. The highest BCUT2D eigenvalue weighted by atomic mass is 35.5. The molecule has 2 rings (SSSR count). The van der Waals surface area contributed by atoms with E-state index >= 15 is 0 Å². The van der Waals surface area contributed by atoms with Gasteiger partial charge in [0, 0.05) is 19.6 Å². The number of rotatable bonds is 4. The van der Waals surface area contributed by atoms with Crippen LogP contribution in [0.4, 0.5) is 0 Å². The summed E-state index contributed by atoms with van der Waals surface area (Å²) < 4.78 is 10.6. The molecule has 0 unspecified atom stereocenters. The number of halogens is 1. The molecule has 1 aliphatic rings. The van der Waals surface area contributed by atoms with E-state index in [-0.39, 0.29) is 24.9 Å². The fourth-order valence-corrected chi connectivity index (χ4v) is 1.77. The van der Waals surface area contributed by atoms with Crippen molar-refractivity contribution < 1.29 is 14.3 Å². The number of hydrogen-bond acceptors (Lipinski definition) is 4. The molecule has 5 nitrogen and oxygen atoms in total. The van der Waals surface area contributed by atoms with Crippen LogP contribution < -0.4 is 10.5 Å². The lowest BCUT2D eigenvalue weighted by atomic mass is 10.2. The number of morpholine rings is 1. The lowest BCUT2D eigenvalue weighted by Crippen LogP contribution is -2.42. The van der Waals surface area contributed by atoms with Gasteiger partial charge in [-0.1, -0.05) is 12.1 Å². The van der Waals surface area contributed by atoms with E-state index in [0.29, 0.717) is 38.6 Å². The second-order valence-electron chi connectivity index (χ2n) is 4.13. The highest BCUT2D eigenvalue weighted by Gasteiger charge is 2.16. The molecule has 19 heavy (non-hydrogen) atoms. The average molecular weight is 287 g/mol. The van der Waals surface area contributed by atoms with Crippen molar-refractivity contribution in [2.45, 2.75) is 6.54 Å². The summed E-state index contributed by atoms with van der Waals surface area (Å²) in [6, 6.07) is 7.45. The molecular weight excluding hydrogens is 268 g/mol. The van der Waals surface area contributed by atoms with Crippen molar-refractivity contribution in [1.29, 1.82) is 0 Å². The van der Waals surface area contributed by atoms with Crippen molar-refractivity contribution in [3.05, 3.63) is 29.8 Å². The fraction of sp³-hybridized carbons (Fsp3) is 0.462. The van der Waals surface area contributed by atoms with E-state index in [9.17, 15) is 4.79 Å². The molecule has 0 bridgehead atoms. The zero-order chi connectivity index (χ0) is 12.8. The molecule has 0 spiro atoms. The van der Waals surface area contributed by atoms with Crippen molar-refractivity contribution >= 4 is 18.3 Å². The summed E-state index contributed by atoms with van der Waals surface area (Å²) in [6.45, 7) is 3.09. The lowest BCUT2D eigenvalue weighted by molar-refractivity contribution is -0.137. The largest absolute Gasteiger partial charge is 0.484 e. The SMILES string of the molecule is Cl.NCc1ccc(OCC(=O)N2CCOCC2)cc1. The van der Waals surface area contributed by atoms with Crippen LogP contribution in [0.3, 0.4) is 0 Å². The van der Waals surface area contributed by atoms with Crippen LogP contribution in [0, 0.1) is 0 Å². The summed E-state index contributed by atoms with van der Waals surface area (Å²) in [6.07, 6.45) is 0. The maximum absolute atomic E-state index is 11.8. The number of nitrogens with two attached hydrogens (primary N) is 1. The molecule has 0 aromatic heterocycles. The number of carbonyl (C=O) groups is 1. The number of hydrogen-bond donors (Lipinski definition) is 1. The average Bonchev–Trinajstić information content (AvgIpc) is 2.46. The van der Waals surface area contributed by atoms with E-state index in [4.69, 9.17) is 15.2 Å². The Bertz CT molecular complexity index is 391. The third kappa shape index (κ3) is 4.70. The van der Waals surface area contributed by atoms with Crippen LogP contribution in [0.1, 0.15) is 5.56 Å². The minimum absolute atomic E-state index is 0. The normalized spacial score (nSPS) is 14.7. The van der Waals surface area contributed by atoms with E-state index in [2.05, 4.69) is 0 Å². The van der Waals surface area contributed by atoms with Gasteiger partial charge in [-0.05, 0) is 17.7 Å². The smallest absolute Gasteiger partial charge is 0.260 e. The first kappa shape index (κ1) is 15.8. The second-order valence-corrected chi connectivity index (χ2v) is 4.13. The van der Waals surface area contributed by atoms with Gasteiger partial charge >= 0.3 is 0 Å². The van der Waals surface area contributed by atoms with Gasteiger partial charge in [-0.15, -0.1) is 12.4 Å². The van der Waals surface area contributed by atoms with Gasteiger partial charge in [0.15, 0.2) is 6.61 Å². The molecule has 1 amide bonds. The zero-order valence-electron chi connectivity index (χ0n) is 10.7. The monoisotopic (exact) mass is 286 g/mol. The van der Waals surface area contributed by atoms with E-state index in [0.717, 1.165) is 5.56 Å². The molecule has 0 radical (unpaired) electrons. The van der Waals surface area contributed by atoms with Crippen LogP contribution >= 0.6 is 12.4 Å². The van der Waals surface area contributed by atoms with Crippen LogP contribution in [0.15, 0.2) is 24.3 Å². The van der Waals surface area contributed by atoms with Gasteiger partial charge in [0.25, 0.3) is 5.91 Å². The number of ether oxygens (including phenoxy) is 2. The fourth-order valence-electron chi connectivity index (χ4n) is 1.77. The summed E-state index contributed by atoms with van der Waals surface area (Å²) in [5, 5.41) is 0. The first-order chi connectivity index (χ1) is 8.79. The van der Waals surface area contributed by atoms with Gasteiger partial charge in [0.05, 0.1) is 13.2 Å². The van der Waals surface area contributed by atoms with Crippen LogP contribution in [-0.4, -0.2) is 43.7 Å². The number of nitrogens with zero attached hydrogens (tertiary/aromatic N) is 1. The van der Waals surface area contributed by atoms with Gasteiger partial charge in [-0.2, -0.15) is 0 Å². The quantitative estimate of drug-likeness (QED) is 0.889. The molecule has 1 aromatic carbocycles. The van der Waals surface area contributed by atoms with Gasteiger partial charge in [-0.3, -0.25) is 4.79 Å². The summed E-state index contributed by atoms with van der Waals surface area (Å²) in [7, 11) is 0. The Morgan fingerprint density at radius 2 is 1.89 bits per heavy atom. The van der Waals surface area contributed by atoms with Crippen molar-refractivity contribution in [3.8, 4) is 5.75 Å². The molecule has 106 valence electrons. The Balaban J connectivity index is 0.00000180. The van der Waals surface area contributed by atoms with Crippen molar-refractivity contribution in [2.24, 2.45) is 5.73 Å². The predicted octanol–water partition coefficient (Wildman–Crippen LogP) is 0.805. The molecule has 1 saturated heterocycles. The minimum atomic E-state index is 0. The molecule has 1 fully saturated rings. The Kier molecular flexibility index (Phi) is 6.62. The Hall–Kier alpha value is -1.30. The van der Waals surface area contributed by atoms with Crippen molar-refractivity contribution in [2.75, 3.05) is 32.9 Å². The maximum atomic E-state index is 11.8. The third-order valence-electron chi connectivity index (χ3n) is 2.89. The van der Waals surface area contributed by atoms with E-state index in [1.807, 2.05) is 24.3 Å². The molecular formula is C13H19ClN2O3. The lowest BCUT2D eigenvalue weighted by Gasteiger charge is -2.26. The van der Waals surface area contributed by atoms with Gasteiger partial charge in [0.2, 0.25) is 0 Å². The summed E-state index contributed by atoms with van der Waals surface area (Å²) in [5.74, 6) is 0.690. The van der Waals surface area contributed by atoms with E-state index in [1.165, 1.54) is 0 Å². The second kappa shape index (κ2) is 7.99. The maximum Gasteiger partial charge on any atom is 0.260 e. The topological polar surface area (TPSA) is 64.8 Å². The summed E-state index contributed by atoms with van der Waals surface area (Å²) in [5.41, 5.74) is 6.55. The number of benzene rings is 1. The Morgan fingerprint density at radius 3 is 2.47 bits per heavy atom. The molecule has 6 heteroatoms. The highest BCUT2D eigenvalue weighted by molar-refractivity contribution is 5.85. The van der Waals surface area contributed by atoms with E-state index in [1.54, 1.807) is 4.90 Å². The van der Waals surface area contributed by atoms with Gasteiger partial charge in [0.1, 0.15) is 5.75 Å². The first-order valence-electron chi connectivity index (χ1n) is 6.07. The summed E-state index contributed by atoms with van der Waals surface area (Å²) >= 11 is 0. The van der Waals surface area contributed by atoms with Crippen LogP contribution in [0.5, 0.6) is 5.75 Å². The Morgan fingerprint density at radius 1 is 1.26 bits per heavy atom. The molecule has 0 atom stereocenters. The van der Waals surface area contributed by atoms with Gasteiger partial charge < -0.3 is 20.1 Å². The standard InChI is InChI=1S/C13H18N2O3.ClH/c14-9-11-1-3-12(4-2-11)18-10-13(16)15-5-7-17-8-6-15;/h1-4H,5-10,14H2;1H. The molecule has 1 heterocycles. The molecule has 1 aromatic rings. The predicted molar refractivity (Wildman–Crippen MR) is 74.5 cm³/mol. The van der Waals surface area contributed by atoms with E-state index < -0.39 is 0 Å². The van der Waals surface area contributed by atoms with Crippen LogP contribution in [-0.2, 0) is 16.1 Å². The zero-order valence-corrected chi connectivity index (χ0v) is 11.5. The van der Waals surface area contributed by atoms with Crippen LogP contribution in [0.25, 0.3) is 0 Å². The molecule has 0 aliphatic carbocycles. The first-order valence-corrected chi connectivity index (χ1v) is 6.07. The van der Waals surface area contributed by atoms with Gasteiger partial charge in [-0.25, -0.2) is 0 Å². The number of amides is 1. The summed E-state index contributed by atoms with van der Waals surface area (Å²) in [4.78, 5) is 13.6. The van der Waals surface area contributed by atoms with Crippen molar-refractivity contribution in [1.82, 2.24) is 4.90 Å². The van der Waals surface area contributed by atoms with Crippen LogP contribution in [0.2, 0.25) is 0 Å².